The summed E-state index contributed by atoms with van der Waals surface area (Å²) < 4.78 is 10.5. The van der Waals surface area contributed by atoms with Crippen LogP contribution in [0.3, 0.4) is 0 Å². The highest BCUT2D eigenvalue weighted by atomic mass is 16.5. The van der Waals surface area contributed by atoms with Crippen LogP contribution in [0.4, 0.5) is 0 Å². The van der Waals surface area contributed by atoms with E-state index in [1.807, 2.05) is 13.8 Å². The maximum absolute atomic E-state index is 12.2. The van der Waals surface area contributed by atoms with Crippen molar-refractivity contribution in [2.75, 3.05) is 39.5 Å². The molecule has 6 heteroatoms. The minimum absolute atomic E-state index is 0.0370. The molecular weight excluding hydrogens is 308 g/mol. The van der Waals surface area contributed by atoms with Crippen molar-refractivity contribution >= 4 is 11.8 Å². The Labute approximate surface area is 146 Å². The second-order valence-corrected chi connectivity index (χ2v) is 6.24. The van der Waals surface area contributed by atoms with Crippen LogP contribution < -0.4 is 10.6 Å². The maximum Gasteiger partial charge on any atom is 0.223 e. The molecule has 0 radical (unpaired) electrons. The number of amides is 2. The van der Waals surface area contributed by atoms with Gasteiger partial charge in [0.25, 0.3) is 0 Å². The Bertz CT molecular complexity index is 331. The molecule has 0 spiro atoms. The van der Waals surface area contributed by atoms with E-state index in [1.165, 1.54) is 0 Å². The third-order valence-electron chi connectivity index (χ3n) is 4.35. The summed E-state index contributed by atoms with van der Waals surface area (Å²) in [5.74, 6) is 0.0933. The fourth-order valence-electron chi connectivity index (χ4n) is 3.02. The van der Waals surface area contributed by atoms with Gasteiger partial charge in [-0.1, -0.05) is 6.42 Å². The number of carbonyl (C=O) groups excluding carboxylic acids is 2. The van der Waals surface area contributed by atoms with E-state index in [4.69, 9.17) is 9.47 Å². The van der Waals surface area contributed by atoms with Gasteiger partial charge in [0.05, 0.1) is 0 Å². The molecule has 2 amide bonds. The Balaban J connectivity index is 2.22. The van der Waals surface area contributed by atoms with Crippen molar-refractivity contribution in [3.05, 3.63) is 0 Å². The van der Waals surface area contributed by atoms with E-state index in [2.05, 4.69) is 10.6 Å². The number of hydrogen-bond donors (Lipinski definition) is 2. The van der Waals surface area contributed by atoms with E-state index in [-0.39, 0.29) is 23.7 Å². The van der Waals surface area contributed by atoms with Gasteiger partial charge in [-0.3, -0.25) is 9.59 Å². The molecule has 2 atom stereocenters. The lowest BCUT2D eigenvalue weighted by Gasteiger charge is -2.27. The molecule has 0 aromatic rings. The standard InChI is InChI=1S/C18H34N2O4/c1-3-23-12-6-10-19-17(21)15-8-5-9-16(14-15)18(22)20-11-7-13-24-4-2/h15-16H,3-14H2,1-2H3,(H,19,21)(H,20,22)/t15-,16+. The number of ether oxygens (including phenoxy) is 2. The van der Waals surface area contributed by atoms with Crippen LogP contribution in [0.5, 0.6) is 0 Å². The minimum atomic E-state index is -0.0370. The van der Waals surface area contributed by atoms with Crippen LogP contribution in [0.15, 0.2) is 0 Å². The second kappa shape index (κ2) is 13.2. The van der Waals surface area contributed by atoms with E-state index in [0.717, 1.165) is 32.1 Å². The van der Waals surface area contributed by atoms with Crippen LogP contribution in [-0.4, -0.2) is 51.3 Å². The van der Waals surface area contributed by atoms with Crippen LogP contribution in [-0.2, 0) is 19.1 Å². The molecule has 2 N–H and O–H groups in total. The highest BCUT2D eigenvalue weighted by molar-refractivity contribution is 5.82. The molecule has 0 unspecified atom stereocenters. The molecule has 24 heavy (non-hydrogen) atoms. The molecule has 0 aliphatic heterocycles. The average molecular weight is 342 g/mol. The molecule has 1 aliphatic carbocycles. The van der Waals surface area contributed by atoms with Crippen LogP contribution >= 0.6 is 0 Å². The summed E-state index contributed by atoms with van der Waals surface area (Å²) in [7, 11) is 0. The van der Waals surface area contributed by atoms with E-state index >= 15 is 0 Å². The highest BCUT2D eigenvalue weighted by Gasteiger charge is 2.30. The fourth-order valence-corrected chi connectivity index (χ4v) is 3.02. The molecule has 0 heterocycles. The quantitative estimate of drug-likeness (QED) is 0.531. The zero-order chi connectivity index (χ0) is 17.6. The van der Waals surface area contributed by atoms with Gasteiger partial charge in [0.1, 0.15) is 0 Å². The lowest BCUT2D eigenvalue weighted by molar-refractivity contribution is -0.130. The lowest BCUT2D eigenvalue weighted by atomic mass is 9.80. The van der Waals surface area contributed by atoms with E-state index in [1.54, 1.807) is 0 Å². The summed E-state index contributed by atoms with van der Waals surface area (Å²) in [6.45, 7) is 7.97. The van der Waals surface area contributed by atoms with Gasteiger partial charge in [-0.15, -0.1) is 0 Å². The first kappa shape index (κ1) is 20.9. The van der Waals surface area contributed by atoms with Crippen molar-refractivity contribution in [2.24, 2.45) is 11.8 Å². The largest absolute Gasteiger partial charge is 0.382 e. The van der Waals surface area contributed by atoms with Gasteiger partial charge < -0.3 is 20.1 Å². The molecule has 1 rings (SSSR count). The van der Waals surface area contributed by atoms with Crippen LogP contribution in [0.2, 0.25) is 0 Å². The minimum Gasteiger partial charge on any atom is -0.382 e. The van der Waals surface area contributed by atoms with Crippen molar-refractivity contribution in [3.8, 4) is 0 Å². The Hall–Kier alpha value is -1.14. The molecule has 1 fully saturated rings. The van der Waals surface area contributed by atoms with Gasteiger partial charge in [-0.25, -0.2) is 0 Å². The third-order valence-corrected chi connectivity index (χ3v) is 4.35. The van der Waals surface area contributed by atoms with Gasteiger partial charge in [0, 0.05) is 51.4 Å². The average Bonchev–Trinajstić information content (AvgIpc) is 2.61. The number of nitrogens with one attached hydrogen (secondary N) is 2. The van der Waals surface area contributed by atoms with E-state index < -0.39 is 0 Å². The number of hydrogen-bond acceptors (Lipinski definition) is 4. The summed E-state index contributed by atoms with van der Waals surface area (Å²) in [4.78, 5) is 24.5. The Morgan fingerprint density at radius 2 is 1.33 bits per heavy atom. The van der Waals surface area contributed by atoms with Crippen LogP contribution in [0, 0.1) is 11.8 Å². The highest BCUT2D eigenvalue weighted by Crippen LogP contribution is 2.29. The van der Waals surface area contributed by atoms with Crippen LogP contribution in [0.1, 0.15) is 52.4 Å². The van der Waals surface area contributed by atoms with Gasteiger partial charge in [0.15, 0.2) is 0 Å². The topological polar surface area (TPSA) is 76.7 Å². The fraction of sp³-hybridized carbons (Fsp3) is 0.889. The molecule has 0 aromatic carbocycles. The predicted octanol–water partition coefficient (Wildman–Crippen LogP) is 1.88. The van der Waals surface area contributed by atoms with E-state index in [9.17, 15) is 9.59 Å². The van der Waals surface area contributed by atoms with Crippen molar-refractivity contribution in [1.29, 1.82) is 0 Å². The molecule has 0 aromatic heterocycles. The Morgan fingerprint density at radius 1 is 0.875 bits per heavy atom. The van der Waals surface area contributed by atoms with Crippen molar-refractivity contribution < 1.29 is 19.1 Å². The monoisotopic (exact) mass is 342 g/mol. The number of carbonyl (C=O) groups is 2. The Kier molecular flexibility index (Phi) is 11.5. The molecule has 6 nitrogen and oxygen atoms in total. The second-order valence-electron chi connectivity index (χ2n) is 6.24. The smallest absolute Gasteiger partial charge is 0.223 e. The van der Waals surface area contributed by atoms with Crippen molar-refractivity contribution in [2.45, 2.75) is 52.4 Å². The maximum atomic E-state index is 12.2. The zero-order valence-corrected chi connectivity index (χ0v) is 15.3. The third kappa shape index (κ3) is 8.64. The van der Waals surface area contributed by atoms with Gasteiger partial charge in [0.2, 0.25) is 11.8 Å². The van der Waals surface area contributed by atoms with Gasteiger partial charge in [-0.05, 0) is 46.0 Å². The summed E-state index contributed by atoms with van der Waals surface area (Å²) in [6, 6.07) is 0. The summed E-state index contributed by atoms with van der Waals surface area (Å²) >= 11 is 0. The molecule has 1 saturated carbocycles. The molecule has 0 saturated heterocycles. The molecular formula is C18H34N2O4. The van der Waals surface area contributed by atoms with Crippen molar-refractivity contribution in [1.82, 2.24) is 10.6 Å². The van der Waals surface area contributed by atoms with E-state index in [0.29, 0.717) is 45.9 Å². The SMILES string of the molecule is CCOCCCNC(=O)[C@@H]1CCC[C@H](C(=O)NCCCOCC)C1. The summed E-state index contributed by atoms with van der Waals surface area (Å²) in [5.41, 5.74) is 0. The van der Waals surface area contributed by atoms with Crippen LogP contribution in [0.25, 0.3) is 0 Å². The lowest BCUT2D eigenvalue weighted by Crippen LogP contribution is -2.39. The predicted molar refractivity (Wildman–Crippen MR) is 93.7 cm³/mol. The summed E-state index contributed by atoms with van der Waals surface area (Å²) in [5, 5.41) is 5.94. The first-order chi connectivity index (χ1) is 11.7. The summed E-state index contributed by atoms with van der Waals surface area (Å²) in [6.07, 6.45) is 5.02. The first-order valence-electron chi connectivity index (χ1n) is 9.39. The van der Waals surface area contributed by atoms with Gasteiger partial charge in [-0.2, -0.15) is 0 Å². The zero-order valence-electron chi connectivity index (χ0n) is 15.3. The first-order valence-corrected chi connectivity index (χ1v) is 9.39. The van der Waals surface area contributed by atoms with Crippen molar-refractivity contribution in [3.63, 3.8) is 0 Å². The molecule has 140 valence electrons. The Morgan fingerprint density at radius 3 is 1.75 bits per heavy atom. The molecule has 1 aliphatic rings. The normalized spacial score (nSPS) is 20.6. The molecule has 0 bridgehead atoms. The number of rotatable bonds is 12. The van der Waals surface area contributed by atoms with Gasteiger partial charge >= 0.3 is 0 Å².